The number of aryl methyl sites for hydroxylation is 3. The summed E-state index contributed by atoms with van der Waals surface area (Å²) in [5.74, 6) is -0.752. The van der Waals surface area contributed by atoms with E-state index in [1.807, 2.05) is 24.3 Å². The van der Waals surface area contributed by atoms with E-state index >= 15 is 0 Å². The SMILES string of the molecule is Brc1ccc2c(c1)CCC2.O=C(O)CCc1ccc(Br)cc1. The number of hydrogen-bond donors (Lipinski definition) is 1. The van der Waals surface area contributed by atoms with Gasteiger partial charge in [-0.1, -0.05) is 50.1 Å². The Morgan fingerprint density at radius 1 is 0.955 bits per heavy atom. The zero-order valence-corrected chi connectivity index (χ0v) is 15.4. The molecule has 2 aromatic carbocycles. The normalized spacial score (nSPS) is 12.3. The predicted octanol–water partition coefficient (Wildman–Crippen LogP) is 5.40. The number of carboxylic acids is 1. The molecule has 0 heterocycles. The lowest BCUT2D eigenvalue weighted by Gasteiger charge is -1.97. The Morgan fingerprint density at radius 2 is 1.59 bits per heavy atom. The van der Waals surface area contributed by atoms with Gasteiger partial charge >= 0.3 is 5.97 Å². The van der Waals surface area contributed by atoms with Gasteiger partial charge in [0.25, 0.3) is 0 Å². The van der Waals surface area contributed by atoms with Gasteiger partial charge in [0.2, 0.25) is 0 Å². The van der Waals surface area contributed by atoms with Crippen LogP contribution in [0.5, 0.6) is 0 Å². The molecule has 0 spiro atoms. The highest BCUT2D eigenvalue weighted by atomic mass is 79.9. The topological polar surface area (TPSA) is 37.3 Å². The fraction of sp³-hybridized carbons (Fsp3) is 0.278. The van der Waals surface area contributed by atoms with Gasteiger partial charge < -0.3 is 5.11 Å². The molecule has 0 saturated carbocycles. The second-order valence-electron chi connectivity index (χ2n) is 5.29. The quantitative estimate of drug-likeness (QED) is 0.714. The van der Waals surface area contributed by atoms with Crippen molar-refractivity contribution in [1.29, 1.82) is 0 Å². The molecule has 0 fully saturated rings. The monoisotopic (exact) mass is 424 g/mol. The van der Waals surface area contributed by atoms with E-state index in [4.69, 9.17) is 5.11 Å². The first-order valence-corrected chi connectivity index (χ1v) is 8.87. The first-order valence-electron chi connectivity index (χ1n) is 7.28. The molecule has 1 N–H and O–H groups in total. The summed E-state index contributed by atoms with van der Waals surface area (Å²) in [5, 5.41) is 8.42. The summed E-state index contributed by atoms with van der Waals surface area (Å²) in [6.07, 6.45) is 4.69. The van der Waals surface area contributed by atoms with Gasteiger partial charge in [0.1, 0.15) is 0 Å². The minimum Gasteiger partial charge on any atom is -0.481 e. The van der Waals surface area contributed by atoms with Crippen LogP contribution in [0, 0.1) is 0 Å². The third kappa shape index (κ3) is 5.58. The fourth-order valence-electron chi connectivity index (χ4n) is 2.44. The lowest BCUT2D eigenvalue weighted by molar-refractivity contribution is -0.136. The summed E-state index contributed by atoms with van der Waals surface area (Å²) in [5.41, 5.74) is 4.14. The average Bonchev–Trinajstić information content (AvgIpc) is 2.94. The van der Waals surface area contributed by atoms with Gasteiger partial charge in [-0.05, 0) is 66.6 Å². The van der Waals surface area contributed by atoms with Crippen LogP contribution in [0.4, 0.5) is 0 Å². The molecular weight excluding hydrogens is 408 g/mol. The van der Waals surface area contributed by atoms with E-state index in [1.54, 1.807) is 5.56 Å². The van der Waals surface area contributed by atoms with E-state index in [-0.39, 0.29) is 6.42 Å². The van der Waals surface area contributed by atoms with E-state index in [9.17, 15) is 4.79 Å². The van der Waals surface area contributed by atoms with Crippen LogP contribution in [0.25, 0.3) is 0 Å². The van der Waals surface area contributed by atoms with Gasteiger partial charge in [0, 0.05) is 15.4 Å². The number of fused-ring (bicyclic) bond motifs is 1. The Hall–Kier alpha value is -1.13. The molecule has 0 amide bonds. The highest BCUT2D eigenvalue weighted by Gasteiger charge is 2.09. The molecule has 0 unspecified atom stereocenters. The number of carboxylic acid groups (broad SMARTS) is 1. The van der Waals surface area contributed by atoms with E-state index in [0.29, 0.717) is 6.42 Å². The van der Waals surface area contributed by atoms with Crippen molar-refractivity contribution in [3.05, 3.63) is 68.1 Å². The summed E-state index contributed by atoms with van der Waals surface area (Å²) >= 11 is 6.77. The van der Waals surface area contributed by atoms with E-state index < -0.39 is 5.97 Å². The van der Waals surface area contributed by atoms with Crippen LogP contribution in [0.3, 0.4) is 0 Å². The second kappa shape index (κ2) is 8.49. The molecule has 2 nitrogen and oxygen atoms in total. The summed E-state index contributed by atoms with van der Waals surface area (Å²) in [6.45, 7) is 0. The summed E-state index contributed by atoms with van der Waals surface area (Å²) in [6, 6.07) is 14.3. The molecule has 3 rings (SSSR count). The van der Waals surface area contributed by atoms with E-state index in [0.717, 1.165) is 10.0 Å². The number of hydrogen-bond acceptors (Lipinski definition) is 1. The van der Waals surface area contributed by atoms with Crippen LogP contribution in [-0.2, 0) is 24.1 Å². The summed E-state index contributed by atoms with van der Waals surface area (Å²) in [4.78, 5) is 10.2. The first-order chi connectivity index (χ1) is 10.5. The van der Waals surface area contributed by atoms with E-state index in [1.165, 1.54) is 29.3 Å². The van der Waals surface area contributed by atoms with Crippen molar-refractivity contribution in [3.63, 3.8) is 0 Å². The third-order valence-electron chi connectivity index (χ3n) is 3.60. The molecule has 116 valence electrons. The number of rotatable bonds is 3. The molecular formula is C18H18Br2O2. The average molecular weight is 426 g/mol. The molecule has 4 heteroatoms. The Labute approximate surface area is 147 Å². The second-order valence-corrected chi connectivity index (χ2v) is 7.12. The molecule has 1 aliphatic rings. The van der Waals surface area contributed by atoms with Crippen molar-refractivity contribution < 1.29 is 9.90 Å². The van der Waals surface area contributed by atoms with Crippen molar-refractivity contribution >= 4 is 37.8 Å². The Bertz CT molecular complexity index is 636. The Balaban J connectivity index is 0.000000162. The largest absolute Gasteiger partial charge is 0.481 e. The van der Waals surface area contributed by atoms with Crippen molar-refractivity contribution in [3.8, 4) is 0 Å². The third-order valence-corrected chi connectivity index (χ3v) is 4.62. The summed E-state index contributed by atoms with van der Waals surface area (Å²) < 4.78 is 2.23. The molecule has 1 aliphatic carbocycles. The van der Waals surface area contributed by atoms with Crippen LogP contribution in [0.1, 0.15) is 29.5 Å². The molecule has 0 aromatic heterocycles. The minimum atomic E-state index is -0.752. The number of carbonyl (C=O) groups is 1. The maximum absolute atomic E-state index is 10.2. The first kappa shape index (κ1) is 17.2. The van der Waals surface area contributed by atoms with Gasteiger partial charge in [-0.25, -0.2) is 0 Å². The van der Waals surface area contributed by atoms with Crippen LogP contribution in [0.2, 0.25) is 0 Å². The zero-order valence-electron chi connectivity index (χ0n) is 12.2. The van der Waals surface area contributed by atoms with Gasteiger partial charge in [-0.2, -0.15) is 0 Å². The molecule has 2 aromatic rings. The van der Waals surface area contributed by atoms with Crippen LogP contribution in [-0.4, -0.2) is 11.1 Å². The minimum absolute atomic E-state index is 0.196. The number of benzene rings is 2. The number of halogens is 2. The van der Waals surface area contributed by atoms with Gasteiger partial charge in [0.15, 0.2) is 0 Å². The predicted molar refractivity (Wildman–Crippen MR) is 96.3 cm³/mol. The highest BCUT2D eigenvalue weighted by Crippen LogP contribution is 2.24. The Morgan fingerprint density at radius 3 is 2.27 bits per heavy atom. The van der Waals surface area contributed by atoms with Crippen molar-refractivity contribution in [1.82, 2.24) is 0 Å². The molecule has 0 radical (unpaired) electrons. The molecule has 0 atom stereocenters. The molecule has 22 heavy (non-hydrogen) atoms. The van der Waals surface area contributed by atoms with Crippen LogP contribution >= 0.6 is 31.9 Å². The number of aliphatic carboxylic acids is 1. The fourth-order valence-corrected chi connectivity index (χ4v) is 3.12. The lowest BCUT2D eigenvalue weighted by Crippen LogP contribution is -1.96. The smallest absolute Gasteiger partial charge is 0.303 e. The van der Waals surface area contributed by atoms with Crippen molar-refractivity contribution in [2.45, 2.75) is 32.1 Å². The molecule has 0 saturated heterocycles. The molecule has 0 bridgehead atoms. The standard InChI is InChI=1S/C9H9BrO2.C9H9Br/c10-8-4-1-7(2-5-8)3-6-9(11)12;10-9-5-4-7-2-1-3-8(7)6-9/h1-2,4-5H,3,6H2,(H,11,12);4-6H,1-3H2. The van der Waals surface area contributed by atoms with Gasteiger partial charge in [-0.15, -0.1) is 0 Å². The van der Waals surface area contributed by atoms with Crippen molar-refractivity contribution in [2.75, 3.05) is 0 Å². The van der Waals surface area contributed by atoms with Crippen LogP contribution in [0.15, 0.2) is 51.4 Å². The van der Waals surface area contributed by atoms with Crippen LogP contribution < -0.4 is 0 Å². The highest BCUT2D eigenvalue weighted by molar-refractivity contribution is 9.10. The van der Waals surface area contributed by atoms with Crippen molar-refractivity contribution in [2.24, 2.45) is 0 Å². The van der Waals surface area contributed by atoms with Gasteiger partial charge in [-0.3, -0.25) is 4.79 Å². The summed E-state index contributed by atoms with van der Waals surface area (Å²) in [7, 11) is 0. The maximum atomic E-state index is 10.2. The maximum Gasteiger partial charge on any atom is 0.303 e. The van der Waals surface area contributed by atoms with Gasteiger partial charge in [0.05, 0.1) is 0 Å². The van der Waals surface area contributed by atoms with E-state index in [2.05, 4.69) is 50.1 Å². The lowest BCUT2D eigenvalue weighted by atomic mass is 10.1. The Kier molecular flexibility index (Phi) is 6.65. The zero-order chi connectivity index (χ0) is 15.9. The molecule has 0 aliphatic heterocycles.